The van der Waals surface area contributed by atoms with Crippen molar-refractivity contribution in [3.05, 3.63) is 46.2 Å². The zero-order chi connectivity index (χ0) is 21.3. The van der Waals surface area contributed by atoms with Crippen LogP contribution in [0.25, 0.3) is 5.69 Å². The lowest BCUT2D eigenvalue weighted by Crippen LogP contribution is -2.31. The van der Waals surface area contributed by atoms with Gasteiger partial charge in [-0.2, -0.15) is 5.10 Å². The Hall–Kier alpha value is -2.80. The second-order valence-electron chi connectivity index (χ2n) is 7.47. The molecule has 1 saturated carbocycles. The van der Waals surface area contributed by atoms with Gasteiger partial charge in [0.2, 0.25) is 0 Å². The van der Waals surface area contributed by atoms with E-state index in [0.29, 0.717) is 11.4 Å². The maximum Gasteiger partial charge on any atom is 0.264 e. The maximum absolute atomic E-state index is 13.0. The molecule has 2 atom stereocenters. The third-order valence-corrected chi connectivity index (χ3v) is 5.45. The van der Waals surface area contributed by atoms with Crippen LogP contribution in [0.4, 0.5) is 0 Å². The van der Waals surface area contributed by atoms with E-state index in [1.165, 1.54) is 6.92 Å². The summed E-state index contributed by atoms with van der Waals surface area (Å²) in [6, 6.07) is 3.79. The molecule has 3 rings (SSSR count). The number of hydrogen-bond donors (Lipinski definition) is 2. The molecule has 1 aliphatic carbocycles. The Balaban J connectivity index is 1.79. The number of carbonyl (C=O) groups excluding carboxylic acids is 3. The third-order valence-electron chi connectivity index (χ3n) is 5.26. The van der Waals surface area contributed by atoms with Crippen LogP contribution in [0.15, 0.2) is 24.5 Å². The van der Waals surface area contributed by atoms with Crippen molar-refractivity contribution < 1.29 is 14.4 Å². The number of amides is 1. The van der Waals surface area contributed by atoms with Crippen LogP contribution < -0.4 is 5.32 Å². The quantitative estimate of drug-likeness (QED) is 0.560. The number of benzene rings is 1. The molecule has 2 N–H and O–H groups in total. The van der Waals surface area contributed by atoms with Gasteiger partial charge in [-0.1, -0.05) is 11.6 Å². The van der Waals surface area contributed by atoms with Crippen LogP contribution in [0.3, 0.4) is 0 Å². The van der Waals surface area contributed by atoms with Gasteiger partial charge in [-0.3, -0.25) is 19.8 Å². The van der Waals surface area contributed by atoms with E-state index in [0.717, 1.165) is 22.4 Å². The minimum absolute atomic E-state index is 0.0819. The molecule has 29 heavy (non-hydrogen) atoms. The van der Waals surface area contributed by atoms with Crippen molar-refractivity contribution in [3.63, 3.8) is 0 Å². The number of Topliss-reactive ketones (excluding diaryl/α,β-unsaturated/α-hetero) is 2. The summed E-state index contributed by atoms with van der Waals surface area (Å²) in [5.41, 5.74) is 3.19. The molecule has 0 saturated heterocycles. The van der Waals surface area contributed by atoms with Crippen molar-refractivity contribution in [1.82, 2.24) is 15.1 Å². The van der Waals surface area contributed by atoms with Gasteiger partial charge in [0.1, 0.15) is 11.7 Å². The van der Waals surface area contributed by atoms with Gasteiger partial charge in [-0.15, -0.1) is 0 Å². The Morgan fingerprint density at radius 2 is 1.97 bits per heavy atom. The average molecular weight is 415 g/mol. The van der Waals surface area contributed by atoms with Crippen LogP contribution in [-0.4, -0.2) is 39.5 Å². The van der Waals surface area contributed by atoms with Crippen molar-refractivity contribution in [1.29, 1.82) is 5.41 Å². The zero-order valence-electron chi connectivity index (χ0n) is 16.6. The summed E-state index contributed by atoms with van der Waals surface area (Å²) in [6.45, 7) is 5.44. The molecule has 1 aliphatic rings. The number of nitrogens with zero attached hydrogens (tertiary/aromatic N) is 2. The molecule has 1 aromatic carbocycles. The molecular formula is C21H23ClN4O3. The number of carbonyl (C=O) groups is 3. The molecule has 0 bridgehead atoms. The first-order chi connectivity index (χ1) is 13.7. The van der Waals surface area contributed by atoms with Gasteiger partial charge in [0.05, 0.1) is 22.6 Å². The normalized spacial score (nSPS) is 18.9. The van der Waals surface area contributed by atoms with Crippen molar-refractivity contribution in [2.75, 3.05) is 6.54 Å². The molecule has 7 nitrogen and oxygen atoms in total. The van der Waals surface area contributed by atoms with Gasteiger partial charge in [0.25, 0.3) is 5.91 Å². The number of ketones is 2. The predicted octanol–water partition coefficient (Wildman–Crippen LogP) is 2.93. The van der Waals surface area contributed by atoms with Gasteiger partial charge < -0.3 is 5.32 Å². The van der Waals surface area contributed by atoms with Crippen molar-refractivity contribution >= 4 is 34.8 Å². The molecule has 0 aliphatic heterocycles. The van der Waals surface area contributed by atoms with Crippen molar-refractivity contribution in [2.24, 2.45) is 5.92 Å². The number of halogens is 1. The molecule has 1 fully saturated rings. The molecule has 0 radical (unpaired) electrons. The first kappa shape index (κ1) is 20.9. The van der Waals surface area contributed by atoms with Crippen LogP contribution >= 0.6 is 11.6 Å². The lowest BCUT2D eigenvalue weighted by Gasteiger charge is -2.17. The first-order valence-electron chi connectivity index (χ1n) is 9.40. The number of rotatable bonds is 6. The monoisotopic (exact) mass is 414 g/mol. The van der Waals surface area contributed by atoms with Gasteiger partial charge in [0.15, 0.2) is 5.78 Å². The molecule has 1 aromatic heterocycles. The van der Waals surface area contributed by atoms with Crippen LogP contribution in [-0.2, 0) is 14.4 Å². The molecular weight excluding hydrogens is 392 g/mol. The first-order valence-corrected chi connectivity index (χ1v) is 9.78. The minimum Gasteiger partial charge on any atom is -0.351 e. The van der Waals surface area contributed by atoms with E-state index in [2.05, 4.69) is 10.4 Å². The summed E-state index contributed by atoms with van der Waals surface area (Å²) in [5, 5.41) is 14.6. The third kappa shape index (κ3) is 4.29. The van der Waals surface area contributed by atoms with E-state index < -0.39 is 17.7 Å². The topological polar surface area (TPSA) is 105 Å². The van der Waals surface area contributed by atoms with Gasteiger partial charge >= 0.3 is 0 Å². The predicted molar refractivity (Wildman–Crippen MR) is 110 cm³/mol. The zero-order valence-corrected chi connectivity index (χ0v) is 17.3. The number of nitrogens with one attached hydrogen (secondary N) is 2. The van der Waals surface area contributed by atoms with Crippen LogP contribution in [0.5, 0.6) is 0 Å². The van der Waals surface area contributed by atoms with Crippen LogP contribution in [0.2, 0.25) is 5.02 Å². The van der Waals surface area contributed by atoms with E-state index in [4.69, 9.17) is 17.0 Å². The fourth-order valence-corrected chi connectivity index (χ4v) is 4.01. The highest BCUT2D eigenvalue weighted by atomic mass is 35.5. The maximum atomic E-state index is 13.0. The Bertz CT molecular complexity index is 988. The standard InChI is InChI=1S/C21H23ClN4O3/c1-11-6-16(26-10-15(22)9-25-26)7-12(2)18(11)19-17(27)8-14(20(19)28)4-5-24-21(29)13(3)23/h6-7,9-10,14,19,23H,4-5,8H2,1-3H3,(H,24,29). The van der Waals surface area contributed by atoms with E-state index in [-0.39, 0.29) is 30.2 Å². The Morgan fingerprint density at radius 3 is 2.52 bits per heavy atom. The summed E-state index contributed by atoms with van der Waals surface area (Å²) in [5.74, 6) is -1.83. The van der Waals surface area contributed by atoms with Gasteiger partial charge in [0, 0.05) is 25.1 Å². The average Bonchev–Trinajstić information content (AvgIpc) is 3.19. The minimum atomic E-state index is -0.768. The van der Waals surface area contributed by atoms with E-state index in [1.807, 2.05) is 26.0 Å². The van der Waals surface area contributed by atoms with E-state index >= 15 is 0 Å². The number of aromatic nitrogens is 2. The van der Waals surface area contributed by atoms with E-state index in [1.54, 1.807) is 17.1 Å². The summed E-state index contributed by atoms with van der Waals surface area (Å²) in [4.78, 5) is 37.1. The van der Waals surface area contributed by atoms with Crippen molar-refractivity contribution in [2.45, 2.75) is 39.5 Å². The number of aryl methyl sites for hydroxylation is 2. The summed E-state index contributed by atoms with van der Waals surface area (Å²) in [6.07, 6.45) is 3.82. The second-order valence-corrected chi connectivity index (χ2v) is 7.91. The molecule has 1 heterocycles. The summed E-state index contributed by atoms with van der Waals surface area (Å²) >= 11 is 5.95. The molecule has 1 amide bonds. The van der Waals surface area contributed by atoms with Crippen molar-refractivity contribution in [3.8, 4) is 5.69 Å². The molecule has 8 heteroatoms. The smallest absolute Gasteiger partial charge is 0.264 e. The molecule has 0 spiro atoms. The lowest BCUT2D eigenvalue weighted by atomic mass is 9.87. The highest BCUT2D eigenvalue weighted by Crippen LogP contribution is 2.37. The summed E-state index contributed by atoms with van der Waals surface area (Å²) < 4.78 is 1.65. The largest absolute Gasteiger partial charge is 0.351 e. The lowest BCUT2D eigenvalue weighted by molar-refractivity contribution is -0.125. The molecule has 2 aromatic rings. The number of hydrogen-bond acceptors (Lipinski definition) is 5. The molecule has 2 unspecified atom stereocenters. The Morgan fingerprint density at radius 1 is 1.31 bits per heavy atom. The van der Waals surface area contributed by atoms with Crippen LogP contribution in [0, 0.1) is 25.2 Å². The second kappa shape index (κ2) is 8.29. The SMILES string of the molecule is CC(=N)C(=O)NCCC1CC(=O)C(c2c(C)cc(-n3cc(Cl)cn3)cc2C)C1=O. The summed E-state index contributed by atoms with van der Waals surface area (Å²) in [7, 11) is 0. The fraction of sp³-hybridized carbons (Fsp3) is 0.381. The van der Waals surface area contributed by atoms with Crippen LogP contribution in [0.1, 0.15) is 42.4 Å². The van der Waals surface area contributed by atoms with Gasteiger partial charge in [-0.05, 0) is 56.0 Å². The fourth-order valence-electron chi connectivity index (χ4n) is 3.88. The highest BCUT2D eigenvalue weighted by molar-refractivity contribution is 6.36. The molecule has 152 valence electrons. The Labute approximate surface area is 173 Å². The highest BCUT2D eigenvalue weighted by Gasteiger charge is 2.42. The van der Waals surface area contributed by atoms with E-state index in [9.17, 15) is 14.4 Å². The Kier molecular flexibility index (Phi) is 5.98. The van der Waals surface area contributed by atoms with Gasteiger partial charge in [-0.25, -0.2) is 4.68 Å².